The van der Waals surface area contributed by atoms with Crippen LogP contribution in [0.15, 0.2) is 49.0 Å². The lowest BCUT2D eigenvalue weighted by molar-refractivity contribution is -0.139. The van der Waals surface area contributed by atoms with Crippen LogP contribution in [0.3, 0.4) is 0 Å². The number of rotatable bonds is 6. The van der Waals surface area contributed by atoms with Crippen LogP contribution < -0.4 is 4.90 Å². The number of nitrogens with zero attached hydrogens (tertiary/aromatic N) is 2. The van der Waals surface area contributed by atoms with Crippen LogP contribution in [0.5, 0.6) is 0 Å². The van der Waals surface area contributed by atoms with Gasteiger partial charge in [-0.15, -0.1) is 0 Å². The highest BCUT2D eigenvalue weighted by Crippen LogP contribution is 2.48. The van der Waals surface area contributed by atoms with Crippen LogP contribution in [0.1, 0.15) is 48.4 Å². The lowest BCUT2D eigenvalue weighted by Crippen LogP contribution is -2.50. The first-order chi connectivity index (χ1) is 16.6. The van der Waals surface area contributed by atoms with E-state index in [1.807, 2.05) is 25.1 Å². The Morgan fingerprint density at radius 3 is 2.46 bits per heavy atom. The van der Waals surface area contributed by atoms with Gasteiger partial charge in [0.05, 0.1) is 18.1 Å². The number of hydrogen-bond donors (Lipinski definition) is 0. The number of hydrogen-bond acceptors (Lipinski definition) is 3. The van der Waals surface area contributed by atoms with Crippen molar-refractivity contribution in [1.82, 2.24) is 4.90 Å². The van der Waals surface area contributed by atoms with Crippen molar-refractivity contribution in [2.75, 3.05) is 31.6 Å². The summed E-state index contributed by atoms with van der Waals surface area (Å²) in [5.41, 5.74) is 1.28. The molecule has 1 saturated heterocycles. The highest BCUT2D eigenvalue weighted by Gasteiger charge is 2.52. The van der Waals surface area contributed by atoms with E-state index in [0.29, 0.717) is 38.2 Å². The number of aryl methyl sites for hydroxylation is 1. The first kappa shape index (κ1) is 24.8. The average molecular weight is 487 g/mol. The van der Waals surface area contributed by atoms with Gasteiger partial charge >= 0.3 is 6.18 Å². The molecule has 2 aromatic rings. The molecule has 0 aliphatic carbocycles. The van der Waals surface area contributed by atoms with E-state index in [4.69, 9.17) is 4.74 Å². The number of halogens is 3. The third-order valence-corrected chi connectivity index (χ3v) is 7.24. The number of carbonyl (C=O) groups excluding carboxylic acids is 2. The van der Waals surface area contributed by atoms with Crippen molar-refractivity contribution >= 4 is 23.3 Å². The summed E-state index contributed by atoms with van der Waals surface area (Å²) in [4.78, 5) is 29.8. The zero-order valence-corrected chi connectivity index (χ0v) is 20.0. The molecule has 5 nitrogen and oxygen atoms in total. The summed E-state index contributed by atoms with van der Waals surface area (Å²) in [6.07, 6.45) is -3.52. The Morgan fingerprint density at radius 1 is 1.14 bits per heavy atom. The van der Waals surface area contributed by atoms with E-state index in [0.717, 1.165) is 22.9 Å². The summed E-state index contributed by atoms with van der Waals surface area (Å²) in [5.74, 6) is 0.342. The van der Waals surface area contributed by atoms with E-state index in [1.165, 1.54) is 12.1 Å². The largest absolute Gasteiger partial charge is 0.497 e. The molecular formula is C27H29F3N2O3. The number of alkyl halides is 3. The van der Waals surface area contributed by atoms with Crippen LogP contribution in [-0.4, -0.2) is 43.5 Å². The van der Waals surface area contributed by atoms with Gasteiger partial charge in [0, 0.05) is 37.3 Å². The van der Waals surface area contributed by atoms with Crippen LogP contribution in [0.25, 0.3) is 5.76 Å². The van der Waals surface area contributed by atoms with Crippen molar-refractivity contribution in [2.45, 2.75) is 44.2 Å². The molecule has 1 fully saturated rings. The second kappa shape index (κ2) is 9.40. The fourth-order valence-corrected chi connectivity index (χ4v) is 5.28. The SMILES string of the molecule is C=C(OC)c1ccc2c(c1)C1(CCN(C(=O)CCc3ccccc3C(F)(F)F)CC1)C(=O)N2CC. The first-order valence-electron chi connectivity index (χ1n) is 11.7. The summed E-state index contributed by atoms with van der Waals surface area (Å²) in [6, 6.07) is 11.1. The lowest BCUT2D eigenvalue weighted by Gasteiger charge is -2.38. The van der Waals surface area contributed by atoms with Gasteiger partial charge in [-0.1, -0.05) is 24.8 Å². The number of piperidine rings is 1. The smallest absolute Gasteiger partial charge is 0.416 e. The molecule has 2 heterocycles. The zero-order chi connectivity index (χ0) is 25.4. The normalized spacial score (nSPS) is 17.0. The molecular weight excluding hydrogens is 457 g/mol. The predicted octanol–water partition coefficient (Wildman–Crippen LogP) is 5.18. The highest BCUT2D eigenvalue weighted by atomic mass is 19.4. The third kappa shape index (κ3) is 4.42. The Balaban J connectivity index is 1.49. The predicted molar refractivity (Wildman–Crippen MR) is 128 cm³/mol. The molecule has 0 atom stereocenters. The molecule has 2 aliphatic heterocycles. The highest BCUT2D eigenvalue weighted by molar-refractivity contribution is 6.08. The fourth-order valence-electron chi connectivity index (χ4n) is 5.28. The van der Waals surface area contributed by atoms with E-state index >= 15 is 0 Å². The molecule has 2 amide bonds. The molecule has 0 bridgehead atoms. The molecule has 186 valence electrons. The van der Waals surface area contributed by atoms with Crippen LogP contribution in [0.2, 0.25) is 0 Å². The van der Waals surface area contributed by atoms with Gasteiger partial charge in [0.1, 0.15) is 5.76 Å². The average Bonchev–Trinajstić information content (AvgIpc) is 3.08. The van der Waals surface area contributed by atoms with Gasteiger partial charge in [0.15, 0.2) is 0 Å². The Hall–Kier alpha value is -3.29. The summed E-state index contributed by atoms with van der Waals surface area (Å²) in [7, 11) is 1.55. The number of likely N-dealkylation sites (N-methyl/N-ethyl adjacent to an activating group) is 1. The van der Waals surface area contributed by atoms with Crippen molar-refractivity contribution in [3.05, 3.63) is 71.3 Å². The minimum absolute atomic E-state index is 0.0104. The van der Waals surface area contributed by atoms with Gasteiger partial charge < -0.3 is 14.5 Å². The van der Waals surface area contributed by atoms with E-state index in [9.17, 15) is 22.8 Å². The van der Waals surface area contributed by atoms with Gasteiger partial charge in [0.2, 0.25) is 11.8 Å². The maximum Gasteiger partial charge on any atom is 0.416 e. The van der Waals surface area contributed by atoms with Crippen molar-refractivity contribution in [2.24, 2.45) is 0 Å². The van der Waals surface area contributed by atoms with Crippen molar-refractivity contribution in [1.29, 1.82) is 0 Å². The Labute approximate surface area is 203 Å². The van der Waals surface area contributed by atoms with E-state index in [2.05, 4.69) is 6.58 Å². The molecule has 4 rings (SSSR count). The fraction of sp³-hybridized carbons (Fsp3) is 0.407. The molecule has 0 aromatic heterocycles. The second-order valence-electron chi connectivity index (χ2n) is 9.03. The number of fused-ring (bicyclic) bond motifs is 2. The standard InChI is InChI=1S/C27H29F3N2O3/c1-4-32-23-11-9-20(18(2)35-3)17-22(23)26(25(32)34)13-15-31(16-14-26)24(33)12-10-19-7-5-6-8-21(19)27(28,29)30/h5-9,11,17H,2,4,10,12-16H2,1,3H3. The summed E-state index contributed by atoms with van der Waals surface area (Å²) < 4.78 is 45.1. The number of anilines is 1. The van der Waals surface area contributed by atoms with Crippen LogP contribution >= 0.6 is 0 Å². The first-order valence-corrected chi connectivity index (χ1v) is 11.7. The minimum atomic E-state index is -4.45. The summed E-state index contributed by atoms with van der Waals surface area (Å²) >= 11 is 0. The minimum Gasteiger partial charge on any atom is -0.497 e. The Bertz CT molecular complexity index is 1150. The molecule has 2 aliphatic rings. The maximum absolute atomic E-state index is 13.5. The molecule has 0 saturated carbocycles. The summed E-state index contributed by atoms with van der Waals surface area (Å²) in [6.45, 7) is 7.14. The third-order valence-electron chi connectivity index (χ3n) is 7.24. The van der Waals surface area contributed by atoms with E-state index in [1.54, 1.807) is 23.0 Å². The van der Waals surface area contributed by atoms with Crippen molar-refractivity contribution < 1.29 is 27.5 Å². The molecule has 2 aromatic carbocycles. The number of amides is 2. The van der Waals surface area contributed by atoms with E-state index < -0.39 is 17.2 Å². The van der Waals surface area contributed by atoms with Gasteiger partial charge in [-0.05, 0) is 61.6 Å². The monoisotopic (exact) mass is 486 g/mol. The molecule has 35 heavy (non-hydrogen) atoms. The molecule has 0 unspecified atom stereocenters. The quantitative estimate of drug-likeness (QED) is 0.529. The topological polar surface area (TPSA) is 49.9 Å². The number of benzene rings is 2. The van der Waals surface area contributed by atoms with Crippen molar-refractivity contribution in [3.8, 4) is 0 Å². The van der Waals surface area contributed by atoms with Crippen LogP contribution in [0.4, 0.5) is 18.9 Å². The second-order valence-corrected chi connectivity index (χ2v) is 9.03. The van der Waals surface area contributed by atoms with Crippen LogP contribution in [-0.2, 0) is 32.3 Å². The maximum atomic E-state index is 13.5. The van der Waals surface area contributed by atoms with Gasteiger partial charge in [0.25, 0.3) is 0 Å². The Morgan fingerprint density at radius 2 is 1.83 bits per heavy atom. The lowest BCUT2D eigenvalue weighted by atomic mass is 9.73. The molecule has 1 spiro atoms. The zero-order valence-electron chi connectivity index (χ0n) is 20.0. The van der Waals surface area contributed by atoms with E-state index in [-0.39, 0.29) is 30.2 Å². The Kier molecular flexibility index (Phi) is 6.66. The van der Waals surface area contributed by atoms with Gasteiger partial charge in [-0.3, -0.25) is 9.59 Å². The molecule has 8 heteroatoms. The number of methoxy groups -OCH3 is 1. The molecule has 0 N–H and O–H groups in total. The van der Waals surface area contributed by atoms with Gasteiger partial charge in [-0.25, -0.2) is 0 Å². The number of ether oxygens (including phenoxy) is 1. The number of likely N-dealkylation sites (tertiary alicyclic amines) is 1. The van der Waals surface area contributed by atoms with Crippen molar-refractivity contribution in [3.63, 3.8) is 0 Å². The van der Waals surface area contributed by atoms with Gasteiger partial charge in [-0.2, -0.15) is 13.2 Å². The molecule has 0 radical (unpaired) electrons. The number of carbonyl (C=O) groups is 2. The van der Waals surface area contributed by atoms with Crippen LogP contribution in [0, 0.1) is 0 Å². The summed E-state index contributed by atoms with van der Waals surface area (Å²) in [5, 5.41) is 0.